The second kappa shape index (κ2) is 6.95. The Morgan fingerprint density at radius 3 is 2.67 bits per heavy atom. The Bertz CT molecular complexity index is 478. The molecule has 0 aliphatic heterocycles. The summed E-state index contributed by atoms with van der Waals surface area (Å²) in [6.07, 6.45) is 5.70. The maximum absolute atomic E-state index is 12.5. The van der Waals surface area contributed by atoms with E-state index in [0.717, 1.165) is 31.4 Å². The average Bonchev–Trinajstić information content (AvgIpc) is 2.68. The second-order valence-corrected chi connectivity index (χ2v) is 5.58. The van der Waals surface area contributed by atoms with Gasteiger partial charge in [-0.15, -0.1) is 0 Å². The highest BCUT2D eigenvalue weighted by atomic mass is 16.5. The third-order valence-electron chi connectivity index (χ3n) is 4.13. The van der Waals surface area contributed by atoms with E-state index in [9.17, 15) is 9.90 Å². The molecule has 6 heteroatoms. The normalized spacial score (nSPS) is 26.2. The molecule has 0 unspecified atom stereocenters. The number of aryl methyl sites for hydroxylation is 1. The number of methoxy groups -OCH3 is 1. The van der Waals surface area contributed by atoms with Crippen molar-refractivity contribution in [3.05, 3.63) is 23.8 Å². The Morgan fingerprint density at radius 1 is 1.33 bits per heavy atom. The molecular formula is C15H23N3O3. The fourth-order valence-electron chi connectivity index (χ4n) is 2.80. The minimum absolute atomic E-state index is 0.219. The number of hydrogen-bond donors (Lipinski definition) is 1. The van der Waals surface area contributed by atoms with Crippen molar-refractivity contribution in [3.8, 4) is 0 Å². The first kappa shape index (κ1) is 15.9. The molecule has 1 amide bonds. The molecule has 3 atom stereocenters. The van der Waals surface area contributed by atoms with E-state index in [4.69, 9.17) is 4.74 Å². The van der Waals surface area contributed by atoms with Gasteiger partial charge in [0.2, 0.25) is 0 Å². The highest BCUT2D eigenvalue weighted by molar-refractivity contribution is 5.92. The van der Waals surface area contributed by atoms with Crippen molar-refractivity contribution in [2.24, 2.45) is 0 Å². The van der Waals surface area contributed by atoms with Crippen LogP contribution in [0.4, 0.5) is 0 Å². The molecule has 2 rings (SSSR count). The van der Waals surface area contributed by atoms with Gasteiger partial charge in [-0.05, 0) is 19.8 Å². The number of carbonyl (C=O) groups excluding carboxylic acids is 1. The molecule has 0 aromatic carbocycles. The first-order chi connectivity index (χ1) is 10.0. The summed E-state index contributed by atoms with van der Waals surface area (Å²) in [4.78, 5) is 22.3. The molecule has 116 valence electrons. The molecule has 1 aromatic rings. The van der Waals surface area contributed by atoms with E-state index < -0.39 is 6.10 Å². The number of ether oxygens (including phenoxy) is 1. The van der Waals surface area contributed by atoms with Crippen LogP contribution in [0.25, 0.3) is 0 Å². The third-order valence-corrected chi connectivity index (χ3v) is 4.13. The van der Waals surface area contributed by atoms with Gasteiger partial charge in [0.25, 0.3) is 5.91 Å². The van der Waals surface area contributed by atoms with Crippen molar-refractivity contribution in [3.63, 3.8) is 0 Å². The van der Waals surface area contributed by atoms with Gasteiger partial charge >= 0.3 is 0 Å². The first-order valence-electron chi connectivity index (χ1n) is 7.31. The lowest BCUT2D eigenvalue weighted by molar-refractivity contribution is -0.0463. The van der Waals surface area contributed by atoms with Gasteiger partial charge in [0, 0.05) is 20.4 Å². The molecule has 1 saturated carbocycles. The summed E-state index contributed by atoms with van der Waals surface area (Å²) < 4.78 is 5.35. The summed E-state index contributed by atoms with van der Waals surface area (Å²) in [7, 11) is 3.30. The van der Waals surface area contributed by atoms with Gasteiger partial charge in [-0.1, -0.05) is 12.8 Å². The van der Waals surface area contributed by atoms with Crippen LogP contribution < -0.4 is 0 Å². The molecule has 0 saturated heterocycles. The Hall–Kier alpha value is -1.53. The topological polar surface area (TPSA) is 75.5 Å². The summed E-state index contributed by atoms with van der Waals surface area (Å²) >= 11 is 0. The molecule has 0 spiro atoms. The van der Waals surface area contributed by atoms with Crippen LogP contribution in [0.3, 0.4) is 0 Å². The number of carbonyl (C=O) groups is 1. The molecule has 1 aromatic heterocycles. The smallest absolute Gasteiger partial charge is 0.274 e. The lowest BCUT2D eigenvalue weighted by Gasteiger charge is -2.33. The minimum Gasteiger partial charge on any atom is -0.388 e. The van der Waals surface area contributed by atoms with Gasteiger partial charge in [0.15, 0.2) is 0 Å². The molecule has 0 bridgehead atoms. The number of rotatable bonds is 3. The zero-order valence-corrected chi connectivity index (χ0v) is 12.8. The highest BCUT2D eigenvalue weighted by Crippen LogP contribution is 2.24. The average molecular weight is 293 g/mol. The SMILES string of the molecule is CO[C@@H]1CCCC[C@@H](N(C)C(=O)c2cnc(C)cn2)[C@H]1O. The summed E-state index contributed by atoms with van der Waals surface area (Å²) in [5, 5.41) is 10.5. The highest BCUT2D eigenvalue weighted by Gasteiger charge is 2.35. The van der Waals surface area contributed by atoms with Crippen molar-refractivity contribution < 1.29 is 14.6 Å². The van der Waals surface area contributed by atoms with Crippen molar-refractivity contribution >= 4 is 5.91 Å². The van der Waals surface area contributed by atoms with Crippen LogP contribution in [0.5, 0.6) is 0 Å². The molecule has 1 N–H and O–H groups in total. The van der Waals surface area contributed by atoms with Crippen molar-refractivity contribution in [1.29, 1.82) is 0 Å². The molecule has 1 heterocycles. The minimum atomic E-state index is -0.676. The quantitative estimate of drug-likeness (QED) is 0.847. The van der Waals surface area contributed by atoms with Crippen LogP contribution in [0, 0.1) is 6.92 Å². The number of amides is 1. The monoisotopic (exact) mass is 293 g/mol. The van der Waals surface area contributed by atoms with E-state index in [0.29, 0.717) is 5.69 Å². The Morgan fingerprint density at radius 2 is 2.05 bits per heavy atom. The predicted octanol–water partition coefficient (Wildman–Crippen LogP) is 1.18. The van der Waals surface area contributed by atoms with Crippen LogP contribution in [0.15, 0.2) is 12.4 Å². The molecule has 6 nitrogen and oxygen atoms in total. The van der Waals surface area contributed by atoms with Gasteiger partial charge in [-0.3, -0.25) is 9.78 Å². The number of aliphatic hydroxyl groups excluding tert-OH is 1. The van der Waals surface area contributed by atoms with E-state index in [1.165, 1.54) is 6.20 Å². The van der Waals surface area contributed by atoms with E-state index in [2.05, 4.69) is 9.97 Å². The maximum atomic E-state index is 12.5. The Labute approximate surface area is 125 Å². The summed E-state index contributed by atoms with van der Waals surface area (Å²) in [6, 6.07) is -0.256. The standard InChI is InChI=1S/C15H23N3O3/c1-10-8-17-11(9-16-10)15(20)18(2)12-6-4-5-7-13(21-3)14(12)19/h8-9,12-14,19H,4-7H2,1-3H3/t12-,13-,14-/m1/s1. The number of aliphatic hydroxyl groups is 1. The fraction of sp³-hybridized carbons (Fsp3) is 0.667. The number of likely N-dealkylation sites (N-methyl/N-ethyl adjacent to an activating group) is 1. The Balaban J connectivity index is 2.14. The van der Waals surface area contributed by atoms with Crippen molar-refractivity contribution in [2.75, 3.05) is 14.2 Å². The van der Waals surface area contributed by atoms with Gasteiger partial charge in [-0.25, -0.2) is 4.98 Å². The summed E-state index contributed by atoms with van der Waals surface area (Å²) in [5.74, 6) is -0.219. The third kappa shape index (κ3) is 3.57. The zero-order valence-electron chi connectivity index (χ0n) is 12.8. The van der Waals surface area contributed by atoms with E-state index in [-0.39, 0.29) is 18.1 Å². The maximum Gasteiger partial charge on any atom is 0.274 e. The van der Waals surface area contributed by atoms with Gasteiger partial charge in [0.05, 0.1) is 24.0 Å². The van der Waals surface area contributed by atoms with Crippen LogP contribution in [-0.2, 0) is 4.74 Å². The molecule has 0 radical (unpaired) electrons. The lowest BCUT2D eigenvalue weighted by Crippen LogP contribution is -2.49. The lowest BCUT2D eigenvalue weighted by atomic mass is 10.0. The second-order valence-electron chi connectivity index (χ2n) is 5.58. The molecule has 21 heavy (non-hydrogen) atoms. The van der Waals surface area contributed by atoms with E-state index >= 15 is 0 Å². The predicted molar refractivity (Wildman–Crippen MR) is 77.9 cm³/mol. The van der Waals surface area contributed by atoms with Crippen molar-refractivity contribution in [1.82, 2.24) is 14.9 Å². The zero-order chi connectivity index (χ0) is 15.4. The van der Waals surface area contributed by atoms with Crippen LogP contribution in [0.1, 0.15) is 41.9 Å². The van der Waals surface area contributed by atoms with Gasteiger partial charge in [-0.2, -0.15) is 0 Å². The van der Waals surface area contributed by atoms with Crippen LogP contribution in [-0.4, -0.2) is 58.3 Å². The number of nitrogens with zero attached hydrogens (tertiary/aromatic N) is 3. The summed E-state index contributed by atoms with van der Waals surface area (Å²) in [5.41, 5.74) is 1.07. The first-order valence-corrected chi connectivity index (χ1v) is 7.31. The summed E-state index contributed by atoms with van der Waals surface area (Å²) in [6.45, 7) is 1.82. The Kier molecular flexibility index (Phi) is 5.25. The molecule has 1 aliphatic carbocycles. The van der Waals surface area contributed by atoms with E-state index in [1.807, 2.05) is 6.92 Å². The fourth-order valence-corrected chi connectivity index (χ4v) is 2.80. The van der Waals surface area contributed by atoms with Crippen LogP contribution >= 0.6 is 0 Å². The molecule has 1 aliphatic rings. The molecular weight excluding hydrogens is 270 g/mol. The van der Waals surface area contributed by atoms with E-state index in [1.54, 1.807) is 25.3 Å². The van der Waals surface area contributed by atoms with Crippen molar-refractivity contribution in [2.45, 2.75) is 50.9 Å². The number of aromatic nitrogens is 2. The largest absolute Gasteiger partial charge is 0.388 e. The van der Waals surface area contributed by atoms with Gasteiger partial charge in [0.1, 0.15) is 11.8 Å². The molecule has 1 fully saturated rings. The number of hydrogen-bond acceptors (Lipinski definition) is 5. The van der Waals surface area contributed by atoms with Crippen LogP contribution in [0.2, 0.25) is 0 Å². The van der Waals surface area contributed by atoms with Gasteiger partial charge < -0.3 is 14.7 Å².